The van der Waals surface area contributed by atoms with E-state index in [2.05, 4.69) is 34.5 Å². The average Bonchev–Trinajstić information content (AvgIpc) is 3.02. The van der Waals surface area contributed by atoms with Gasteiger partial charge in [0.2, 0.25) is 0 Å². The molecule has 3 rings (SSSR count). The molecule has 1 N–H and O–H groups in total. The van der Waals surface area contributed by atoms with Crippen LogP contribution in [0, 0.1) is 0 Å². The van der Waals surface area contributed by atoms with Crippen molar-refractivity contribution in [3.8, 4) is 0 Å². The largest absolute Gasteiger partial charge is 0.344 e. The summed E-state index contributed by atoms with van der Waals surface area (Å²) in [7, 11) is 4.05. The van der Waals surface area contributed by atoms with E-state index in [1.54, 1.807) is 0 Å². The van der Waals surface area contributed by atoms with Gasteiger partial charge < -0.3 is 10.2 Å². The third-order valence-corrected chi connectivity index (χ3v) is 4.42. The molecule has 3 nitrogen and oxygen atoms in total. The van der Waals surface area contributed by atoms with E-state index in [0.29, 0.717) is 0 Å². The van der Waals surface area contributed by atoms with Crippen molar-refractivity contribution in [2.75, 3.05) is 20.6 Å². The number of amides is 1. The quantitative estimate of drug-likeness (QED) is 0.920. The molecule has 1 aliphatic carbocycles. The summed E-state index contributed by atoms with van der Waals surface area (Å²) in [6.45, 7) is 0.778. The minimum absolute atomic E-state index is 0.00745. The number of carbonyl (C=O) groups excluding carboxylic acids is 1. The molecule has 0 spiro atoms. The number of hydrogen-bond acceptors (Lipinski definition) is 2. The maximum absolute atomic E-state index is 12.7. The summed E-state index contributed by atoms with van der Waals surface area (Å²) in [5.41, 5.74) is 4.64. The number of nitrogens with zero attached hydrogens (tertiary/aromatic N) is 1. The minimum Gasteiger partial charge on any atom is -0.344 e. The highest BCUT2D eigenvalue weighted by Gasteiger charge is 2.18. The number of benzene rings is 2. The highest BCUT2D eigenvalue weighted by molar-refractivity contribution is 5.94. The highest BCUT2D eigenvalue weighted by Crippen LogP contribution is 2.23. The fourth-order valence-electron chi connectivity index (χ4n) is 3.24. The first-order chi connectivity index (χ1) is 11.1. The first-order valence-corrected chi connectivity index (χ1v) is 8.26. The number of likely N-dealkylation sites (N-methyl/N-ethyl adjacent to an activating group) is 1. The molecule has 23 heavy (non-hydrogen) atoms. The molecule has 1 atom stereocenters. The van der Waals surface area contributed by atoms with Crippen LogP contribution in [0.4, 0.5) is 0 Å². The average molecular weight is 308 g/mol. The van der Waals surface area contributed by atoms with Gasteiger partial charge in [-0.1, -0.05) is 36.4 Å². The lowest BCUT2D eigenvalue weighted by Gasteiger charge is -2.23. The smallest absolute Gasteiger partial charge is 0.251 e. The molecule has 0 aliphatic heterocycles. The molecule has 1 aliphatic rings. The van der Waals surface area contributed by atoms with E-state index in [0.717, 1.165) is 30.5 Å². The van der Waals surface area contributed by atoms with Crippen LogP contribution in [0.15, 0.2) is 48.5 Å². The van der Waals surface area contributed by atoms with Crippen molar-refractivity contribution in [2.45, 2.75) is 25.3 Å². The van der Waals surface area contributed by atoms with Crippen LogP contribution in [0.2, 0.25) is 0 Å². The van der Waals surface area contributed by atoms with Gasteiger partial charge in [-0.05, 0) is 62.2 Å². The SMILES string of the molecule is CN(C)C[C@@H](NC(=O)c1ccc2c(c1)CCC2)c1ccccc1. The molecule has 1 amide bonds. The van der Waals surface area contributed by atoms with Gasteiger partial charge in [0.15, 0.2) is 0 Å². The van der Waals surface area contributed by atoms with Gasteiger partial charge in [0.1, 0.15) is 0 Å². The Balaban J connectivity index is 1.78. The Morgan fingerprint density at radius 2 is 1.83 bits per heavy atom. The molecule has 0 unspecified atom stereocenters. The summed E-state index contributed by atoms with van der Waals surface area (Å²) in [5.74, 6) is 0.00963. The Morgan fingerprint density at radius 3 is 2.57 bits per heavy atom. The van der Waals surface area contributed by atoms with Crippen LogP contribution in [0.1, 0.15) is 39.5 Å². The van der Waals surface area contributed by atoms with Crippen molar-refractivity contribution in [2.24, 2.45) is 0 Å². The maximum Gasteiger partial charge on any atom is 0.251 e. The summed E-state index contributed by atoms with van der Waals surface area (Å²) >= 11 is 0. The highest BCUT2D eigenvalue weighted by atomic mass is 16.1. The van der Waals surface area contributed by atoms with Crippen LogP contribution < -0.4 is 5.32 Å². The van der Waals surface area contributed by atoms with Crippen molar-refractivity contribution in [1.82, 2.24) is 10.2 Å². The van der Waals surface area contributed by atoms with E-state index < -0.39 is 0 Å². The van der Waals surface area contributed by atoms with E-state index in [9.17, 15) is 4.79 Å². The Kier molecular flexibility index (Phi) is 4.77. The van der Waals surface area contributed by atoms with Gasteiger partial charge in [0, 0.05) is 12.1 Å². The molecule has 0 saturated heterocycles. The molecular formula is C20H24N2O. The standard InChI is InChI=1S/C20H24N2O/c1-22(2)14-19(16-7-4-3-5-8-16)21-20(23)18-12-11-15-9-6-10-17(15)13-18/h3-5,7-8,11-13,19H,6,9-10,14H2,1-2H3,(H,21,23)/t19-/m1/s1. The third-order valence-electron chi connectivity index (χ3n) is 4.42. The number of fused-ring (bicyclic) bond motifs is 1. The van der Waals surface area contributed by atoms with E-state index in [-0.39, 0.29) is 11.9 Å². The molecule has 2 aromatic rings. The van der Waals surface area contributed by atoms with Crippen molar-refractivity contribution in [1.29, 1.82) is 0 Å². The number of aryl methyl sites for hydroxylation is 2. The molecule has 0 aromatic heterocycles. The van der Waals surface area contributed by atoms with E-state index in [4.69, 9.17) is 0 Å². The lowest BCUT2D eigenvalue weighted by atomic mass is 10.0. The van der Waals surface area contributed by atoms with Crippen LogP contribution in [-0.4, -0.2) is 31.4 Å². The molecule has 0 fully saturated rings. The Hall–Kier alpha value is -2.13. The third kappa shape index (κ3) is 3.80. The second-order valence-corrected chi connectivity index (χ2v) is 6.54. The van der Waals surface area contributed by atoms with Crippen LogP contribution >= 0.6 is 0 Å². The molecule has 0 saturated carbocycles. The zero-order valence-corrected chi connectivity index (χ0v) is 13.9. The van der Waals surface area contributed by atoms with Crippen LogP contribution in [0.25, 0.3) is 0 Å². The Morgan fingerprint density at radius 1 is 1.09 bits per heavy atom. The van der Waals surface area contributed by atoms with Crippen LogP contribution in [0.3, 0.4) is 0 Å². The summed E-state index contributed by atoms with van der Waals surface area (Å²) in [6, 6.07) is 16.3. The summed E-state index contributed by atoms with van der Waals surface area (Å²) in [6.07, 6.45) is 3.44. The molecule has 0 radical (unpaired) electrons. The molecule has 3 heteroatoms. The zero-order chi connectivity index (χ0) is 16.2. The van der Waals surface area contributed by atoms with Gasteiger partial charge >= 0.3 is 0 Å². The van der Waals surface area contributed by atoms with Gasteiger partial charge in [-0.3, -0.25) is 4.79 Å². The molecule has 0 bridgehead atoms. The van der Waals surface area contributed by atoms with Gasteiger partial charge in [0.25, 0.3) is 5.91 Å². The van der Waals surface area contributed by atoms with E-state index >= 15 is 0 Å². The second kappa shape index (κ2) is 6.97. The topological polar surface area (TPSA) is 32.3 Å². The molecule has 2 aromatic carbocycles. The van der Waals surface area contributed by atoms with E-state index in [1.807, 2.05) is 38.4 Å². The van der Waals surface area contributed by atoms with Gasteiger partial charge in [-0.25, -0.2) is 0 Å². The number of nitrogens with one attached hydrogen (secondary N) is 1. The van der Waals surface area contributed by atoms with Crippen molar-refractivity contribution >= 4 is 5.91 Å². The summed E-state index contributed by atoms with van der Waals surface area (Å²) < 4.78 is 0. The van der Waals surface area contributed by atoms with E-state index in [1.165, 1.54) is 17.5 Å². The fourth-order valence-corrected chi connectivity index (χ4v) is 3.24. The van der Waals surface area contributed by atoms with Crippen LogP contribution in [0.5, 0.6) is 0 Å². The normalized spacial score (nSPS) is 14.6. The Labute approximate surface area is 138 Å². The van der Waals surface area contributed by atoms with Crippen molar-refractivity contribution in [3.63, 3.8) is 0 Å². The second-order valence-electron chi connectivity index (χ2n) is 6.54. The van der Waals surface area contributed by atoms with Gasteiger partial charge in [0.05, 0.1) is 6.04 Å². The molecule has 120 valence electrons. The van der Waals surface area contributed by atoms with Crippen molar-refractivity contribution in [3.05, 3.63) is 70.8 Å². The number of carbonyl (C=O) groups is 1. The first-order valence-electron chi connectivity index (χ1n) is 8.26. The van der Waals surface area contributed by atoms with Crippen LogP contribution in [-0.2, 0) is 12.8 Å². The molecule has 0 heterocycles. The lowest BCUT2D eigenvalue weighted by molar-refractivity contribution is 0.0930. The predicted molar refractivity (Wildman–Crippen MR) is 93.7 cm³/mol. The first kappa shape index (κ1) is 15.8. The number of rotatable bonds is 5. The molecular weight excluding hydrogens is 284 g/mol. The minimum atomic E-state index is -0.00745. The summed E-state index contributed by atoms with van der Waals surface area (Å²) in [5, 5.41) is 3.19. The monoisotopic (exact) mass is 308 g/mol. The Bertz CT molecular complexity index is 679. The maximum atomic E-state index is 12.7. The zero-order valence-electron chi connectivity index (χ0n) is 13.9. The van der Waals surface area contributed by atoms with Crippen molar-refractivity contribution < 1.29 is 4.79 Å². The van der Waals surface area contributed by atoms with Gasteiger partial charge in [-0.2, -0.15) is 0 Å². The fraction of sp³-hybridized carbons (Fsp3) is 0.350. The van der Waals surface area contributed by atoms with Gasteiger partial charge in [-0.15, -0.1) is 0 Å². The predicted octanol–water partition coefficient (Wildman–Crippen LogP) is 3.21. The summed E-state index contributed by atoms with van der Waals surface area (Å²) in [4.78, 5) is 14.8. The lowest BCUT2D eigenvalue weighted by Crippen LogP contribution is -2.35. The number of hydrogen-bond donors (Lipinski definition) is 1.